The summed E-state index contributed by atoms with van der Waals surface area (Å²) in [5.41, 5.74) is 5.89. The van der Waals surface area contributed by atoms with Gasteiger partial charge in [-0.2, -0.15) is 0 Å². The predicted molar refractivity (Wildman–Crippen MR) is 114 cm³/mol. The molecule has 3 N–H and O–H groups in total. The first-order valence-corrected chi connectivity index (χ1v) is 10.3. The molecule has 1 aliphatic rings. The molecule has 1 aliphatic carbocycles. The number of likely N-dealkylation sites (N-methyl/N-ethyl adjacent to an activating group) is 1. The van der Waals surface area contributed by atoms with Gasteiger partial charge in [-0.1, -0.05) is 37.3 Å². The number of hydrogen-bond acceptors (Lipinski definition) is 1. The summed E-state index contributed by atoms with van der Waals surface area (Å²) in [6.07, 6.45) is 3.44. The fourth-order valence-electron chi connectivity index (χ4n) is 4.37. The van der Waals surface area contributed by atoms with E-state index < -0.39 is 0 Å². The van der Waals surface area contributed by atoms with Crippen molar-refractivity contribution in [2.75, 3.05) is 20.6 Å². The second-order valence-electron chi connectivity index (χ2n) is 8.44. The van der Waals surface area contributed by atoms with E-state index in [4.69, 9.17) is 0 Å². The van der Waals surface area contributed by atoms with Gasteiger partial charge in [-0.25, -0.2) is 0 Å². The SMILES string of the molecule is C[C@@H]1CCc2[nH]c3ccc(C(=O)NC[C@@H](c4ccccc4)[NH+](C)C)cc3c2C1. The Bertz CT molecular complexity index is 974. The van der Waals surface area contributed by atoms with E-state index in [1.54, 1.807) is 0 Å². The van der Waals surface area contributed by atoms with Crippen LogP contribution < -0.4 is 10.2 Å². The Morgan fingerprint density at radius 3 is 2.75 bits per heavy atom. The van der Waals surface area contributed by atoms with Gasteiger partial charge in [0.25, 0.3) is 5.91 Å². The lowest BCUT2D eigenvalue weighted by Crippen LogP contribution is -3.07. The zero-order valence-electron chi connectivity index (χ0n) is 17.0. The highest BCUT2D eigenvalue weighted by Gasteiger charge is 2.22. The predicted octanol–water partition coefficient (Wildman–Crippen LogP) is 2.91. The number of quaternary nitrogens is 1. The molecule has 2 aromatic carbocycles. The number of benzene rings is 2. The summed E-state index contributed by atoms with van der Waals surface area (Å²) in [5.74, 6) is 0.710. The van der Waals surface area contributed by atoms with Crippen molar-refractivity contribution >= 4 is 16.8 Å². The van der Waals surface area contributed by atoms with Crippen molar-refractivity contribution in [1.82, 2.24) is 10.3 Å². The summed E-state index contributed by atoms with van der Waals surface area (Å²) < 4.78 is 0. The topological polar surface area (TPSA) is 49.3 Å². The fourth-order valence-corrected chi connectivity index (χ4v) is 4.37. The van der Waals surface area contributed by atoms with Gasteiger partial charge in [-0.05, 0) is 48.9 Å². The van der Waals surface area contributed by atoms with Crippen LogP contribution in [0.4, 0.5) is 0 Å². The maximum absolute atomic E-state index is 12.9. The standard InChI is InChI=1S/C24H29N3O/c1-16-9-11-21-19(13-16)20-14-18(10-12-22(20)26-21)24(28)25-15-23(27(2)3)17-7-5-4-6-8-17/h4-8,10,12,14,16,23,26H,9,11,13,15H2,1-3H3,(H,25,28)/p+1/t16-,23+/m1/s1. The Hall–Kier alpha value is -2.59. The largest absolute Gasteiger partial charge is 0.358 e. The van der Waals surface area contributed by atoms with Crippen LogP contribution in [0.3, 0.4) is 0 Å². The smallest absolute Gasteiger partial charge is 0.251 e. The highest BCUT2D eigenvalue weighted by molar-refractivity contribution is 5.99. The minimum Gasteiger partial charge on any atom is -0.358 e. The van der Waals surface area contributed by atoms with Gasteiger partial charge >= 0.3 is 0 Å². The number of carbonyl (C=O) groups excluding carboxylic acids is 1. The molecule has 0 bridgehead atoms. The number of hydrogen-bond donors (Lipinski definition) is 3. The molecule has 1 aromatic heterocycles. The van der Waals surface area contributed by atoms with Crippen LogP contribution in [-0.2, 0) is 12.8 Å². The van der Waals surface area contributed by atoms with Crippen LogP contribution in [0.1, 0.15) is 46.6 Å². The molecule has 2 atom stereocenters. The van der Waals surface area contributed by atoms with Crippen molar-refractivity contribution in [1.29, 1.82) is 0 Å². The number of aryl methyl sites for hydroxylation is 1. The highest BCUT2D eigenvalue weighted by Crippen LogP contribution is 2.32. The summed E-state index contributed by atoms with van der Waals surface area (Å²) in [7, 11) is 4.26. The molecule has 0 aliphatic heterocycles. The van der Waals surface area contributed by atoms with E-state index in [1.165, 1.54) is 33.5 Å². The van der Waals surface area contributed by atoms with Gasteiger partial charge in [0.15, 0.2) is 0 Å². The quantitative estimate of drug-likeness (QED) is 0.630. The normalized spacial score (nSPS) is 17.5. The molecule has 0 unspecified atom stereocenters. The van der Waals surface area contributed by atoms with E-state index in [0.29, 0.717) is 12.5 Å². The van der Waals surface area contributed by atoms with Crippen molar-refractivity contribution < 1.29 is 9.69 Å². The molecule has 3 aromatic rings. The first-order valence-electron chi connectivity index (χ1n) is 10.3. The number of aromatic nitrogens is 1. The number of H-pyrrole nitrogens is 1. The van der Waals surface area contributed by atoms with Crippen molar-refractivity contribution in [3.05, 3.63) is 70.9 Å². The number of carbonyl (C=O) groups is 1. The summed E-state index contributed by atoms with van der Waals surface area (Å²) in [4.78, 5) is 17.7. The van der Waals surface area contributed by atoms with E-state index in [2.05, 4.69) is 67.7 Å². The Balaban J connectivity index is 1.53. The molecule has 0 spiro atoms. The van der Waals surface area contributed by atoms with Crippen molar-refractivity contribution in [2.45, 2.75) is 32.2 Å². The van der Waals surface area contributed by atoms with Gasteiger partial charge < -0.3 is 15.2 Å². The molecule has 0 saturated heterocycles. The molecule has 0 radical (unpaired) electrons. The molecule has 146 valence electrons. The molecule has 0 fully saturated rings. The van der Waals surface area contributed by atoms with Gasteiger partial charge in [-0.3, -0.25) is 4.79 Å². The van der Waals surface area contributed by atoms with Crippen molar-refractivity contribution in [3.63, 3.8) is 0 Å². The first kappa shape index (κ1) is 18.8. The van der Waals surface area contributed by atoms with E-state index in [-0.39, 0.29) is 11.9 Å². The van der Waals surface area contributed by atoms with Crippen LogP contribution in [-0.4, -0.2) is 31.5 Å². The average Bonchev–Trinajstić information content (AvgIpc) is 3.05. The molecule has 0 saturated carbocycles. The van der Waals surface area contributed by atoms with Crippen LogP contribution in [0.25, 0.3) is 10.9 Å². The van der Waals surface area contributed by atoms with E-state index in [0.717, 1.165) is 23.9 Å². The van der Waals surface area contributed by atoms with Gasteiger partial charge in [-0.15, -0.1) is 0 Å². The Labute approximate surface area is 166 Å². The van der Waals surface area contributed by atoms with Crippen LogP contribution in [0.2, 0.25) is 0 Å². The number of nitrogens with one attached hydrogen (secondary N) is 3. The third kappa shape index (κ3) is 3.69. The lowest BCUT2D eigenvalue weighted by atomic mass is 9.87. The van der Waals surface area contributed by atoms with Crippen molar-refractivity contribution in [2.24, 2.45) is 5.92 Å². The second-order valence-corrected chi connectivity index (χ2v) is 8.44. The van der Waals surface area contributed by atoms with Gasteiger partial charge in [0.05, 0.1) is 20.6 Å². The monoisotopic (exact) mass is 376 g/mol. The molecular formula is C24H30N3O+. The maximum Gasteiger partial charge on any atom is 0.251 e. The minimum absolute atomic E-state index is 0.00268. The van der Waals surface area contributed by atoms with Crippen LogP contribution in [0, 0.1) is 5.92 Å². The zero-order chi connectivity index (χ0) is 19.7. The molecule has 28 heavy (non-hydrogen) atoms. The number of rotatable bonds is 5. The zero-order valence-corrected chi connectivity index (χ0v) is 17.0. The summed E-state index contributed by atoms with van der Waals surface area (Å²) in [5, 5.41) is 4.37. The summed E-state index contributed by atoms with van der Waals surface area (Å²) in [6, 6.07) is 16.7. The molecule has 4 nitrogen and oxygen atoms in total. The molecule has 1 heterocycles. The fraction of sp³-hybridized carbons (Fsp3) is 0.375. The number of fused-ring (bicyclic) bond motifs is 3. The molecular weight excluding hydrogens is 346 g/mol. The highest BCUT2D eigenvalue weighted by atomic mass is 16.1. The van der Waals surface area contributed by atoms with E-state index in [1.807, 2.05) is 12.1 Å². The minimum atomic E-state index is 0.00268. The second kappa shape index (κ2) is 7.80. The number of aromatic amines is 1. The van der Waals surface area contributed by atoms with Gasteiger partial charge in [0.1, 0.15) is 6.04 Å². The van der Waals surface area contributed by atoms with E-state index in [9.17, 15) is 4.79 Å². The third-order valence-electron chi connectivity index (χ3n) is 6.06. The third-order valence-corrected chi connectivity index (χ3v) is 6.06. The maximum atomic E-state index is 12.9. The summed E-state index contributed by atoms with van der Waals surface area (Å²) >= 11 is 0. The lowest BCUT2D eigenvalue weighted by Gasteiger charge is -2.22. The molecule has 1 amide bonds. The lowest BCUT2D eigenvalue weighted by molar-refractivity contribution is -0.890. The van der Waals surface area contributed by atoms with Crippen LogP contribution in [0.5, 0.6) is 0 Å². The molecule has 4 rings (SSSR count). The first-order chi connectivity index (χ1) is 13.5. The van der Waals surface area contributed by atoms with Gasteiger partial charge in [0, 0.05) is 27.7 Å². The van der Waals surface area contributed by atoms with Crippen molar-refractivity contribution in [3.8, 4) is 0 Å². The Morgan fingerprint density at radius 2 is 2.00 bits per heavy atom. The Morgan fingerprint density at radius 1 is 1.21 bits per heavy atom. The summed E-state index contributed by atoms with van der Waals surface area (Å²) in [6.45, 7) is 2.93. The van der Waals surface area contributed by atoms with Gasteiger partial charge in [0.2, 0.25) is 0 Å². The molecule has 4 heteroatoms. The number of amides is 1. The van der Waals surface area contributed by atoms with E-state index >= 15 is 0 Å². The average molecular weight is 377 g/mol. The van der Waals surface area contributed by atoms with Crippen LogP contribution in [0.15, 0.2) is 48.5 Å². The Kier molecular flexibility index (Phi) is 5.23. The van der Waals surface area contributed by atoms with Crippen LogP contribution >= 0.6 is 0 Å².